The van der Waals surface area contributed by atoms with E-state index in [1.807, 2.05) is 37.8 Å². The van der Waals surface area contributed by atoms with Crippen LogP contribution in [0.1, 0.15) is 44.7 Å². The van der Waals surface area contributed by atoms with Crippen LogP contribution >= 0.6 is 0 Å². The monoisotopic (exact) mass is 454 g/mol. The molecule has 3 heterocycles. The van der Waals surface area contributed by atoms with Gasteiger partial charge in [0.25, 0.3) is 0 Å². The topological polar surface area (TPSA) is 86.1 Å². The van der Waals surface area contributed by atoms with Gasteiger partial charge in [0.2, 0.25) is 5.91 Å². The van der Waals surface area contributed by atoms with Gasteiger partial charge in [-0.05, 0) is 64.4 Å². The predicted octanol–water partition coefficient (Wildman–Crippen LogP) is 2.41. The van der Waals surface area contributed by atoms with Gasteiger partial charge in [0.1, 0.15) is 5.60 Å². The van der Waals surface area contributed by atoms with Gasteiger partial charge in [-0.3, -0.25) is 14.6 Å². The molecule has 3 aliphatic rings. The molecule has 3 atom stereocenters. The molecule has 4 rings (SSSR count). The maximum atomic E-state index is 13.5. The van der Waals surface area contributed by atoms with Gasteiger partial charge < -0.3 is 14.4 Å². The molecule has 8 heteroatoms. The Kier molecular flexibility index (Phi) is 6.91. The van der Waals surface area contributed by atoms with Crippen LogP contribution < -0.4 is 0 Å². The third kappa shape index (κ3) is 5.31. The summed E-state index contributed by atoms with van der Waals surface area (Å²) in [4.78, 5) is 32.7. The molecule has 0 aliphatic carbocycles. The summed E-state index contributed by atoms with van der Waals surface area (Å²) < 4.78 is 11.7. The molecule has 3 aliphatic heterocycles. The first-order valence-electron chi connectivity index (χ1n) is 11.9. The summed E-state index contributed by atoms with van der Waals surface area (Å²) in [5, 5.41) is 9.20. The first-order valence-corrected chi connectivity index (χ1v) is 11.9. The maximum Gasteiger partial charge on any atom is 0.410 e. The van der Waals surface area contributed by atoms with E-state index in [1.54, 1.807) is 17.0 Å². The summed E-state index contributed by atoms with van der Waals surface area (Å²) in [6.45, 7) is 9.37. The minimum absolute atomic E-state index is 0.0232. The zero-order valence-electron chi connectivity index (χ0n) is 19.8. The Morgan fingerprint density at radius 2 is 1.79 bits per heavy atom. The van der Waals surface area contributed by atoms with Crippen LogP contribution in [0.15, 0.2) is 24.3 Å². The molecule has 33 heavy (non-hydrogen) atoms. The number of carbonyl (C=O) groups excluding carboxylic acids is 2. The van der Waals surface area contributed by atoms with Gasteiger partial charge in [-0.1, -0.05) is 12.1 Å². The Hall–Kier alpha value is -2.63. The minimum Gasteiger partial charge on any atom is -0.444 e. The molecular formula is C25H34N4O4. The van der Waals surface area contributed by atoms with Gasteiger partial charge in [-0.15, -0.1) is 0 Å². The lowest BCUT2D eigenvalue weighted by Crippen LogP contribution is -2.72. The van der Waals surface area contributed by atoms with Crippen molar-refractivity contribution in [2.45, 2.75) is 63.8 Å². The van der Waals surface area contributed by atoms with Crippen LogP contribution in [0.5, 0.6) is 0 Å². The molecule has 0 saturated carbocycles. The van der Waals surface area contributed by atoms with E-state index in [9.17, 15) is 14.9 Å². The number of likely N-dealkylation sites (tertiary alicyclic amines) is 1. The number of nitriles is 1. The third-order valence-corrected chi connectivity index (χ3v) is 6.68. The molecule has 1 aromatic rings. The lowest BCUT2D eigenvalue weighted by Gasteiger charge is -2.54. The number of fused-ring (bicyclic) bond motifs is 1. The van der Waals surface area contributed by atoms with E-state index in [0.717, 1.165) is 31.5 Å². The number of ether oxygens (including phenoxy) is 2. The van der Waals surface area contributed by atoms with Crippen LogP contribution in [-0.2, 0) is 20.7 Å². The Morgan fingerprint density at radius 3 is 2.48 bits per heavy atom. The molecule has 0 N–H and O–H groups in total. The van der Waals surface area contributed by atoms with Crippen molar-refractivity contribution in [3.8, 4) is 6.07 Å². The second kappa shape index (κ2) is 9.70. The van der Waals surface area contributed by atoms with Crippen LogP contribution in [0.3, 0.4) is 0 Å². The van der Waals surface area contributed by atoms with Gasteiger partial charge in [-0.25, -0.2) is 4.79 Å². The van der Waals surface area contributed by atoms with Crippen LogP contribution in [0.4, 0.5) is 4.79 Å². The number of hydrogen-bond donors (Lipinski definition) is 0. The highest BCUT2D eigenvalue weighted by Gasteiger charge is 2.49. The lowest BCUT2D eigenvalue weighted by molar-refractivity contribution is -0.151. The van der Waals surface area contributed by atoms with E-state index in [2.05, 4.69) is 11.0 Å². The average molecular weight is 455 g/mol. The third-order valence-electron chi connectivity index (χ3n) is 6.68. The molecule has 178 valence electrons. The number of carbonyl (C=O) groups is 2. The van der Waals surface area contributed by atoms with Gasteiger partial charge in [0.05, 0.1) is 49.4 Å². The van der Waals surface area contributed by atoms with Crippen LogP contribution in [0.2, 0.25) is 0 Å². The SMILES string of the molecule is CC(C)(C)OC(=O)N1CCN(C(=O)Cc2cccc(C#N)c2)[C@@H]2C(N3CCCC3)COCC21. The van der Waals surface area contributed by atoms with Crippen molar-refractivity contribution < 1.29 is 19.1 Å². The molecule has 2 unspecified atom stereocenters. The molecule has 8 nitrogen and oxygen atoms in total. The van der Waals surface area contributed by atoms with Gasteiger partial charge in [-0.2, -0.15) is 5.26 Å². The molecule has 2 amide bonds. The van der Waals surface area contributed by atoms with E-state index in [1.165, 1.54) is 0 Å². The largest absolute Gasteiger partial charge is 0.444 e. The van der Waals surface area contributed by atoms with Crippen LogP contribution in [0, 0.1) is 11.3 Å². The Bertz CT molecular complexity index is 916. The minimum atomic E-state index is -0.588. The van der Waals surface area contributed by atoms with Crippen molar-refractivity contribution in [2.24, 2.45) is 0 Å². The number of benzene rings is 1. The van der Waals surface area contributed by atoms with E-state index < -0.39 is 5.60 Å². The number of rotatable bonds is 3. The van der Waals surface area contributed by atoms with Gasteiger partial charge >= 0.3 is 6.09 Å². The molecule has 3 fully saturated rings. The molecule has 0 radical (unpaired) electrons. The molecule has 3 saturated heterocycles. The molecular weight excluding hydrogens is 420 g/mol. The fraction of sp³-hybridized carbons (Fsp3) is 0.640. The highest BCUT2D eigenvalue weighted by Crippen LogP contribution is 2.31. The number of nitrogens with zero attached hydrogens (tertiary/aromatic N) is 4. The average Bonchev–Trinajstić information content (AvgIpc) is 3.31. The number of piperazine rings is 1. The van der Waals surface area contributed by atoms with Crippen molar-refractivity contribution in [2.75, 3.05) is 39.4 Å². The highest BCUT2D eigenvalue weighted by molar-refractivity contribution is 5.80. The molecule has 1 aromatic carbocycles. The maximum absolute atomic E-state index is 13.5. The van der Waals surface area contributed by atoms with Gasteiger partial charge in [0, 0.05) is 13.1 Å². The number of hydrogen-bond acceptors (Lipinski definition) is 6. The van der Waals surface area contributed by atoms with Crippen molar-refractivity contribution in [3.05, 3.63) is 35.4 Å². The van der Waals surface area contributed by atoms with E-state index in [4.69, 9.17) is 9.47 Å². The Labute approximate surface area is 196 Å². The van der Waals surface area contributed by atoms with Gasteiger partial charge in [0.15, 0.2) is 0 Å². The van der Waals surface area contributed by atoms with Crippen molar-refractivity contribution in [1.82, 2.24) is 14.7 Å². The molecule has 0 aromatic heterocycles. The summed E-state index contributed by atoms with van der Waals surface area (Å²) >= 11 is 0. The quantitative estimate of drug-likeness (QED) is 0.697. The summed E-state index contributed by atoms with van der Waals surface area (Å²) in [6, 6.07) is 9.00. The summed E-state index contributed by atoms with van der Waals surface area (Å²) in [5.74, 6) is 0.0232. The van der Waals surface area contributed by atoms with E-state index in [0.29, 0.717) is 31.9 Å². The molecule has 0 spiro atoms. The first kappa shape index (κ1) is 23.5. The fourth-order valence-corrected chi connectivity index (χ4v) is 5.24. The number of amides is 2. The fourth-order valence-electron chi connectivity index (χ4n) is 5.24. The lowest BCUT2D eigenvalue weighted by atomic mass is 9.91. The summed E-state index contributed by atoms with van der Waals surface area (Å²) in [7, 11) is 0. The second-order valence-electron chi connectivity index (χ2n) is 10.2. The first-order chi connectivity index (χ1) is 15.8. The van der Waals surface area contributed by atoms with Crippen LogP contribution in [-0.4, -0.2) is 89.8 Å². The molecule has 0 bridgehead atoms. The summed E-state index contributed by atoms with van der Waals surface area (Å²) in [6.07, 6.45) is 2.16. The van der Waals surface area contributed by atoms with Crippen molar-refractivity contribution >= 4 is 12.0 Å². The van der Waals surface area contributed by atoms with E-state index in [-0.39, 0.29) is 36.5 Å². The van der Waals surface area contributed by atoms with E-state index >= 15 is 0 Å². The standard InChI is InChI=1S/C25H34N4O4/c1-25(2,3)33-24(31)28-11-12-29(22(30)14-18-7-6-8-19(13-18)15-26)23-20(16-32-17-21(23)28)27-9-4-5-10-27/h6-8,13,20-21,23H,4-5,9-12,14,16-17H2,1-3H3/t20?,21?,23-/m1/s1. The zero-order chi connectivity index (χ0) is 23.6. The summed E-state index contributed by atoms with van der Waals surface area (Å²) in [5.41, 5.74) is 0.790. The van der Waals surface area contributed by atoms with Crippen molar-refractivity contribution in [1.29, 1.82) is 5.26 Å². The zero-order valence-corrected chi connectivity index (χ0v) is 19.8. The second-order valence-corrected chi connectivity index (χ2v) is 10.2. The Balaban J connectivity index is 1.59. The van der Waals surface area contributed by atoms with Crippen LogP contribution in [0.25, 0.3) is 0 Å². The predicted molar refractivity (Wildman–Crippen MR) is 123 cm³/mol. The van der Waals surface area contributed by atoms with Crippen molar-refractivity contribution in [3.63, 3.8) is 0 Å². The normalized spacial score (nSPS) is 25.9. The smallest absolute Gasteiger partial charge is 0.410 e. The highest BCUT2D eigenvalue weighted by atomic mass is 16.6. The Morgan fingerprint density at radius 1 is 1.09 bits per heavy atom.